The van der Waals surface area contributed by atoms with E-state index in [2.05, 4.69) is 15.9 Å². The molecule has 0 aliphatic rings. The summed E-state index contributed by atoms with van der Waals surface area (Å²) in [7, 11) is 0. The molecule has 20 heavy (non-hydrogen) atoms. The van der Waals surface area contributed by atoms with Crippen molar-refractivity contribution in [1.82, 2.24) is 5.32 Å². The van der Waals surface area contributed by atoms with E-state index in [-0.39, 0.29) is 0 Å². The van der Waals surface area contributed by atoms with Gasteiger partial charge >= 0.3 is 12.4 Å². The molecule has 0 spiro atoms. The van der Waals surface area contributed by atoms with Crippen molar-refractivity contribution < 1.29 is 31.1 Å². The van der Waals surface area contributed by atoms with Gasteiger partial charge in [-0.3, -0.25) is 4.79 Å². The second-order valence-electron chi connectivity index (χ2n) is 3.86. The number of alkyl halides is 6. The van der Waals surface area contributed by atoms with Gasteiger partial charge in [0.1, 0.15) is 0 Å². The van der Waals surface area contributed by atoms with Crippen LogP contribution >= 0.6 is 15.9 Å². The number of rotatable bonds is 3. The monoisotopic (exact) mass is 363 g/mol. The summed E-state index contributed by atoms with van der Waals surface area (Å²) >= 11 is 3.12. The van der Waals surface area contributed by atoms with E-state index in [0.717, 1.165) is 0 Å². The lowest BCUT2D eigenvalue weighted by atomic mass is 10.1. The van der Waals surface area contributed by atoms with E-state index in [0.29, 0.717) is 10.0 Å². The number of hydrogen-bond acceptors (Lipinski definition) is 1. The molecule has 1 rings (SSSR count). The minimum absolute atomic E-state index is 0.379. The topological polar surface area (TPSA) is 29.1 Å². The Kier molecular flexibility index (Phi) is 5.06. The quantitative estimate of drug-likeness (QED) is 0.813. The van der Waals surface area contributed by atoms with Gasteiger partial charge in [0.05, 0.1) is 0 Å². The second kappa shape index (κ2) is 6.02. The summed E-state index contributed by atoms with van der Waals surface area (Å²) in [5.74, 6) is -6.14. The van der Waals surface area contributed by atoms with Gasteiger partial charge in [0.15, 0.2) is 0 Å². The molecule has 0 heterocycles. The Morgan fingerprint density at radius 2 is 1.50 bits per heavy atom. The van der Waals surface area contributed by atoms with E-state index in [1.54, 1.807) is 17.4 Å². The summed E-state index contributed by atoms with van der Waals surface area (Å²) in [6.07, 6.45) is -11.4. The summed E-state index contributed by atoms with van der Waals surface area (Å²) < 4.78 is 74.2. The largest absolute Gasteiger partial charge is 0.409 e. The van der Waals surface area contributed by atoms with E-state index in [1.807, 2.05) is 0 Å². The average Bonchev–Trinajstić information content (AvgIpc) is 2.24. The van der Waals surface area contributed by atoms with Gasteiger partial charge in [-0.1, -0.05) is 28.1 Å². The summed E-state index contributed by atoms with van der Waals surface area (Å²) in [6, 6.07) is 6.01. The molecule has 0 unspecified atom stereocenters. The van der Waals surface area contributed by atoms with E-state index < -0.39 is 30.7 Å². The van der Waals surface area contributed by atoms with Gasteiger partial charge < -0.3 is 5.32 Å². The first-order valence-corrected chi connectivity index (χ1v) is 5.96. The zero-order valence-corrected chi connectivity index (χ0v) is 11.2. The van der Waals surface area contributed by atoms with Gasteiger partial charge in [-0.05, 0) is 17.7 Å². The van der Waals surface area contributed by atoms with Crippen molar-refractivity contribution in [3.8, 4) is 0 Å². The molecule has 1 amide bonds. The predicted octanol–water partition coefficient (Wildman–Crippen LogP) is 3.81. The summed E-state index contributed by atoms with van der Waals surface area (Å²) in [5.41, 5.74) is 0.379. The normalized spacial score (nSPS) is 12.6. The molecule has 1 N–H and O–H groups in total. The molecule has 0 aliphatic heterocycles. The predicted molar refractivity (Wildman–Crippen MR) is 61.6 cm³/mol. The average molecular weight is 364 g/mol. The maximum absolute atomic E-state index is 12.3. The van der Waals surface area contributed by atoms with Gasteiger partial charge in [-0.15, -0.1) is 0 Å². The van der Waals surface area contributed by atoms with E-state index in [4.69, 9.17) is 0 Å². The number of halogens is 7. The van der Waals surface area contributed by atoms with Crippen LogP contribution < -0.4 is 5.32 Å². The third-order valence-electron chi connectivity index (χ3n) is 2.30. The van der Waals surface area contributed by atoms with Crippen molar-refractivity contribution in [1.29, 1.82) is 0 Å². The summed E-state index contributed by atoms with van der Waals surface area (Å²) in [4.78, 5) is 11.1. The third-order valence-corrected chi connectivity index (χ3v) is 2.83. The highest BCUT2D eigenvalue weighted by atomic mass is 79.9. The van der Waals surface area contributed by atoms with Crippen LogP contribution in [0.3, 0.4) is 0 Å². The maximum atomic E-state index is 12.3. The molecular formula is C11H8BrF6NO. The number of amides is 1. The molecule has 9 heteroatoms. The van der Waals surface area contributed by atoms with Crippen LogP contribution in [-0.2, 0) is 11.3 Å². The van der Waals surface area contributed by atoms with Crippen molar-refractivity contribution in [2.75, 3.05) is 0 Å². The molecule has 1 aromatic rings. The number of nitrogens with one attached hydrogen (secondary N) is 1. The zero-order chi connectivity index (χ0) is 15.6. The van der Waals surface area contributed by atoms with Gasteiger partial charge in [-0.2, -0.15) is 26.3 Å². The molecule has 1 aromatic carbocycles. The molecule has 0 atom stereocenters. The highest BCUT2D eigenvalue weighted by Gasteiger charge is 2.60. The molecule has 0 saturated carbocycles. The first-order valence-electron chi connectivity index (χ1n) is 5.17. The number of benzene rings is 1. The van der Waals surface area contributed by atoms with Gasteiger partial charge in [0.25, 0.3) is 0 Å². The fourth-order valence-electron chi connectivity index (χ4n) is 1.38. The van der Waals surface area contributed by atoms with Gasteiger partial charge in [0, 0.05) is 11.0 Å². The molecule has 2 nitrogen and oxygen atoms in total. The molecule has 0 bridgehead atoms. The first-order chi connectivity index (χ1) is 9.01. The minimum atomic E-state index is -5.68. The van der Waals surface area contributed by atoms with E-state index >= 15 is 0 Å². The Morgan fingerprint density at radius 3 is 1.90 bits per heavy atom. The molecular weight excluding hydrogens is 356 g/mol. The lowest BCUT2D eigenvalue weighted by Crippen LogP contribution is -2.47. The second-order valence-corrected chi connectivity index (χ2v) is 4.78. The molecule has 0 aliphatic carbocycles. The highest BCUT2D eigenvalue weighted by Crippen LogP contribution is 2.39. The standard InChI is InChI=1S/C11H8BrF6NO/c12-7-3-1-6(2-4-7)5-19-9(20)8(10(13,14)15)11(16,17)18/h1-4,8H,5H2,(H,19,20). The van der Waals surface area contributed by atoms with Crippen LogP contribution in [-0.4, -0.2) is 18.3 Å². The Hall–Kier alpha value is -1.25. The zero-order valence-electron chi connectivity index (χ0n) is 9.65. The number of carbonyl (C=O) groups excluding carboxylic acids is 1. The fraction of sp³-hybridized carbons (Fsp3) is 0.364. The number of carbonyl (C=O) groups is 1. The van der Waals surface area contributed by atoms with Crippen LogP contribution in [0.4, 0.5) is 26.3 Å². The minimum Gasteiger partial charge on any atom is -0.351 e. The van der Waals surface area contributed by atoms with Crippen molar-refractivity contribution in [2.24, 2.45) is 5.92 Å². The first kappa shape index (κ1) is 16.8. The Bertz CT molecular complexity index is 453. The SMILES string of the molecule is O=C(NCc1ccc(Br)cc1)C(C(F)(F)F)C(F)(F)F. The lowest BCUT2D eigenvalue weighted by Gasteiger charge is -2.22. The number of hydrogen-bond donors (Lipinski definition) is 1. The van der Waals surface area contributed by atoms with Crippen molar-refractivity contribution in [3.05, 3.63) is 34.3 Å². The fourth-order valence-corrected chi connectivity index (χ4v) is 1.64. The van der Waals surface area contributed by atoms with Crippen LogP contribution in [0.1, 0.15) is 5.56 Å². The van der Waals surface area contributed by atoms with E-state index in [9.17, 15) is 31.1 Å². The van der Waals surface area contributed by atoms with Crippen LogP contribution in [0.15, 0.2) is 28.7 Å². The van der Waals surface area contributed by atoms with E-state index in [1.165, 1.54) is 12.1 Å². The highest BCUT2D eigenvalue weighted by molar-refractivity contribution is 9.10. The van der Waals surface area contributed by atoms with Crippen molar-refractivity contribution in [2.45, 2.75) is 18.9 Å². The maximum Gasteiger partial charge on any atom is 0.409 e. The van der Waals surface area contributed by atoms with Crippen LogP contribution in [0.2, 0.25) is 0 Å². The molecule has 0 saturated heterocycles. The molecule has 0 radical (unpaired) electrons. The summed E-state index contributed by atoms with van der Waals surface area (Å²) in [5, 5.41) is 1.64. The Morgan fingerprint density at radius 1 is 1.05 bits per heavy atom. The molecule has 112 valence electrons. The van der Waals surface area contributed by atoms with Crippen LogP contribution in [0.5, 0.6) is 0 Å². The molecule has 0 aromatic heterocycles. The molecule has 0 fully saturated rings. The smallest absolute Gasteiger partial charge is 0.351 e. The van der Waals surface area contributed by atoms with Gasteiger partial charge in [-0.25, -0.2) is 0 Å². The van der Waals surface area contributed by atoms with Crippen molar-refractivity contribution >= 4 is 21.8 Å². The van der Waals surface area contributed by atoms with Gasteiger partial charge in [0.2, 0.25) is 11.8 Å². The lowest BCUT2D eigenvalue weighted by molar-refractivity contribution is -0.274. The van der Waals surface area contributed by atoms with Crippen molar-refractivity contribution in [3.63, 3.8) is 0 Å². The van der Waals surface area contributed by atoms with Crippen LogP contribution in [0, 0.1) is 5.92 Å². The summed E-state index contributed by atoms with van der Waals surface area (Å²) in [6.45, 7) is -0.422. The third kappa shape index (κ3) is 4.69. The Balaban J connectivity index is 2.75. The van der Waals surface area contributed by atoms with Crippen LogP contribution in [0.25, 0.3) is 0 Å². The Labute approximate surface area is 118 Å².